The molecule has 0 aromatic rings. The summed E-state index contributed by atoms with van der Waals surface area (Å²) in [6.45, 7) is 16.6. The van der Waals surface area contributed by atoms with Gasteiger partial charge in [0.2, 0.25) is 0 Å². The summed E-state index contributed by atoms with van der Waals surface area (Å²) in [5.74, 6) is 0.873. The van der Waals surface area contributed by atoms with Crippen LogP contribution in [0.2, 0.25) is 0 Å². The zero-order valence-corrected chi connectivity index (χ0v) is 10.7. The summed E-state index contributed by atoms with van der Waals surface area (Å²) in [4.78, 5) is 0. The lowest BCUT2D eigenvalue weighted by Crippen LogP contribution is -2.36. The van der Waals surface area contributed by atoms with Crippen LogP contribution in [0.3, 0.4) is 0 Å². The Balaban J connectivity index is 4.56. The SMILES string of the molecule is CCCC(CC)C(C)(C)C(C)(C)C. The average Bonchev–Trinajstić information content (AvgIpc) is 1.97. The highest BCUT2D eigenvalue weighted by Gasteiger charge is 2.38. The van der Waals surface area contributed by atoms with Crippen LogP contribution in [0.1, 0.15) is 67.7 Å². The molecule has 1 atom stereocenters. The zero-order chi connectivity index (χ0) is 10.7. The Labute approximate surface area is 85.1 Å². The monoisotopic (exact) mass is 184 g/mol. The van der Waals surface area contributed by atoms with Crippen molar-refractivity contribution in [3.8, 4) is 0 Å². The van der Waals surface area contributed by atoms with Gasteiger partial charge in [0, 0.05) is 0 Å². The van der Waals surface area contributed by atoms with Gasteiger partial charge in [-0.3, -0.25) is 0 Å². The van der Waals surface area contributed by atoms with E-state index in [2.05, 4.69) is 48.5 Å². The van der Waals surface area contributed by atoms with Gasteiger partial charge in [-0.25, -0.2) is 0 Å². The summed E-state index contributed by atoms with van der Waals surface area (Å²) >= 11 is 0. The molecule has 80 valence electrons. The molecular weight excluding hydrogens is 156 g/mol. The van der Waals surface area contributed by atoms with E-state index in [9.17, 15) is 0 Å². The molecule has 0 amide bonds. The Kier molecular flexibility index (Phi) is 4.48. The predicted octanol–water partition coefficient (Wildman–Crippen LogP) is 4.89. The molecule has 0 bridgehead atoms. The molecule has 0 rings (SSSR count). The molecule has 0 N–H and O–H groups in total. The summed E-state index contributed by atoms with van der Waals surface area (Å²) in [6.07, 6.45) is 4.01. The van der Waals surface area contributed by atoms with Gasteiger partial charge in [0.05, 0.1) is 0 Å². The molecule has 0 aliphatic carbocycles. The fourth-order valence-corrected chi connectivity index (χ4v) is 2.04. The van der Waals surface area contributed by atoms with Crippen molar-refractivity contribution in [2.75, 3.05) is 0 Å². The van der Waals surface area contributed by atoms with Crippen molar-refractivity contribution in [2.45, 2.75) is 67.7 Å². The van der Waals surface area contributed by atoms with Crippen molar-refractivity contribution in [3.05, 3.63) is 0 Å². The minimum atomic E-state index is 0.419. The fraction of sp³-hybridized carbons (Fsp3) is 1.00. The molecule has 0 aliphatic rings. The minimum absolute atomic E-state index is 0.419. The van der Waals surface area contributed by atoms with Gasteiger partial charge in [0.1, 0.15) is 0 Å². The zero-order valence-electron chi connectivity index (χ0n) is 10.7. The standard InChI is InChI=1S/C13H28/c1-8-10-11(9-2)13(6,7)12(3,4)5/h11H,8-10H2,1-7H3. The van der Waals surface area contributed by atoms with Crippen LogP contribution in [-0.4, -0.2) is 0 Å². The van der Waals surface area contributed by atoms with Crippen molar-refractivity contribution < 1.29 is 0 Å². The summed E-state index contributed by atoms with van der Waals surface area (Å²) in [6, 6.07) is 0. The van der Waals surface area contributed by atoms with Crippen molar-refractivity contribution in [3.63, 3.8) is 0 Å². The molecule has 0 radical (unpaired) electrons. The van der Waals surface area contributed by atoms with E-state index in [1.807, 2.05) is 0 Å². The summed E-state index contributed by atoms with van der Waals surface area (Å²) in [5, 5.41) is 0. The second-order valence-corrected chi connectivity index (χ2v) is 5.87. The highest BCUT2D eigenvalue weighted by molar-refractivity contribution is 4.87. The van der Waals surface area contributed by atoms with E-state index in [1.165, 1.54) is 19.3 Å². The van der Waals surface area contributed by atoms with E-state index >= 15 is 0 Å². The van der Waals surface area contributed by atoms with E-state index in [1.54, 1.807) is 0 Å². The molecular formula is C13H28. The van der Waals surface area contributed by atoms with Crippen LogP contribution in [0, 0.1) is 16.7 Å². The van der Waals surface area contributed by atoms with Gasteiger partial charge >= 0.3 is 0 Å². The lowest BCUT2D eigenvalue weighted by molar-refractivity contribution is 0.0464. The maximum atomic E-state index is 2.43. The molecule has 0 aromatic heterocycles. The number of hydrogen-bond acceptors (Lipinski definition) is 0. The molecule has 0 aromatic carbocycles. The Morgan fingerprint density at radius 2 is 1.38 bits per heavy atom. The molecule has 0 heterocycles. The summed E-state index contributed by atoms with van der Waals surface area (Å²) in [7, 11) is 0. The van der Waals surface area contributed by atoms with Crippen LogP contribution in [-0.2, 0) is 0 Å². The summed E-state index contributed by atoms with van der Waals surface area (Å²) in [5.41, 5.74) is 0.876. The van der Waals surface area contributed by atoms with Crippen molar-refractivity contribution in [2.24, 2.45) is 16.7 Å². The van der Waals surface area contributed by atoms with Gasteiger partial charge in [-0.1, -0.05) is 67.7 Å². The maximum absolute atomic E-state index is 2.43. The van der Waals surface area contributed by atoms with Crippen LogP contribution in [0.4, 0.5) is 0 Å². The first-order valence-electron chi connectivity index (χ1n) is 5.77. The van der Waals surface area contributed by atoms with E-state index in [4.69, 9.17) is 0 Å². The summed E-state index contributed by atoms with van der Waals surface area (Å²) < 4.78 is 0. The third kappa shape index (κ3) is 3.00. The largest absolute Gasteiger partial charge is 0.0654 e. The van der Waals surface area contributed by atoms with Crippen LogP contribution < -0.4 is 0 Å². The first kappa shape index (κ1) is 13.0. The van der Waals surface area contributed by atoms with Crippen LogP contribution in [0.15, 0.2) is 0 Å². The van der Waals surface area contributed by atoms with Gasteiger partial charge in [-0.15, -0.1) is 0 Å². The molecule has 0 heteroatoms. The van der Waals surface area contributed by atoms with Crippen molar-refractivity contribution in [1.29, 1.82) is 0 Å². The quantitative estimate of drug-likeness (QED) is 0.584. The molecule has 0 saturated carbocycles. The van der Waals surface area contributed by atoms with Gasteiger partial charge in [-0.2, -0.15) is 0 Å². The molecule has 1 unspecified atom stereocenters. The number of hydrogen-bond donors (Lipinski definition) is 0. The third-order valence-corrected chi connectivity index (χ3v) is 4.08. The molecule has 0 aliphatic heterocycles. The topological polar surface area (TPSA) is 0 Å². The Morgan fingerprint density at radius 1 is 0.923 bits per heavy atom. The fourth-order valence-electron chi connectivity index (χ4n) is 2.04. The third-order valence-electron chi connectivity index (χ3n) is 4.08. The lowest BCUT2D eigenvalue weighted by atomic mass is 9.60. The second-order valence-electron chi connectivity index (χ2n) is 5.87. The normalized spacial score (nSPS) is 15.9. The van der Waals surface area contributed by atoms with Gasteiger partial charge in [0.25, 0.3) is 0 Å². The maximum Gasteiger partial charge on any atom is -0.0277 e. The Hall–Kier alpha value is 0. The first-order valence-corrected chi connectivity index (χ1v) is 5.77. The predicted molar refractivity (Wildman–Crippen MR) is 61.9 cm³/mol. The molecule has 13 heavy (non-hydrogen) atoms. The highest BCUT2D eigenvalue weighted by atomic mass is 14.4. The Bertz CT molecular complexity index is 137. The van der Waals surface area contributed by atoms with Crippen LogP contribution in [0.5, 0.6) is 0 Å². The van der Waals surface area contributed by atoms with Gasteiger partial charge < -0.3 is 0 Å². The van der Waals surface area contributed by atoms with E-state index < -0.39 is 0 Å². The highest BCUT2D eigenvalue weighted by Crippen LogP contribution is 2.46. The van der Waals surface area contributed by atoms with Gasteiger partial charge in [-0.05, 0) is 16.7 Å². The van der Waals surface area contributed by atoms with E-state index in [-0.39, 0.29) is 0 Å². The van der Waals surface area contributed by atoms with Crippen LogP contribution in [0.25, 0.3) is 0 Å². The van der Waals surface area contributed by atoms with E-state index in [0.717, 1.165) is 5.92 Å². The van der Waals surface area contributed by atoms with E-state index in [0.29, 0.717) is 10.8 Å². The smallest absolute Gasteiger partial charge is 0.0277 e. The molecule has 0 fully saturated rings. The van der Waals surface area contributed by atoms with Crippen molar-refractivity contribution >= 4 is 0 Å². The van der Waals surface area contributed by atoms with Crippen LogP contribution >= 0.6 is 0 Å². The Morgan fingerprint density at radius 3 is 1.62 bits per heavy atom. The molecule has 0 saturated heterocycles. The molecule has 0 nitrogen and oxygen atoms in total. The number of rotatable bonds is 4. The lowest BCUT2D eigenvalue weighted by Gasteiger charge is -2.45. The second kappa shape index (κ2) is 4.48. The van der Waals surface area contributed by atoms with Crippen molar-refractivity contribution in [1.82, 2.24) is 0 Å². The first-order chi connectivity index (χ1) is 5.77. The average molecular weight is 184 g/mol. The van der Waals surface area contributed by atoms with Gasteiger partial charge in [0.15, 0.2) is 0 Å². The minimum Gasteiger partial charge on any atom is -0.0654 e. The molecule has 0 spiro atoms.